The quantitative estimate of drug-likeness (QED) is 0.659. The molecule has 1 N–H and O–H groups in total. The third-order valence-electron chi connectivity index (χ3n) is 4.02. The van der Waals surface area contributed by atoms with Gasteiger partial charge in [-0.2, -0.15) is 8.78 Å². The van der Waals surface area contributed by atoms with Gasteiger partial charge in [-0.3, -0.25) is 4.79 Å². The van der Waals surface area contributed by atoms with Crippen LogP contribution in [0.2, 0.25) is 5.02 Å². The van der Waals surface area contributed by atoms with Gasteiger partial charge >= 0.3 is 6.61 Å². The van der Waals surface area contributed by atoms with Crippen molar-refractivity contribution in [2.75, 3.05) is 14.2 Å². The Labute approximate surface area is 159 Å². The van der Waals surface area contributed by atoms with Crippen LogP contribution in [0.3, 0.4) is 0 Å². The Morgan fingerprint density at radius 2 is 1.96 bits per heavy atom. The van der Waals surface area contributed by atoms with Gasteiger partial charge in [0, 0.05) is 29.5 Å². The van der Waals surface area contributed by atoms with Crippen molar-refractivity contribution in [1.82, 2.24) is 9.88 Å². The lowest BCUT2D eigenvalue weighted by atomic mass is 10.2. The fraction of sp³-hybridized carbons (Fsp3) is 0.211. The van der Waals surface area contributed by atoms with Crippen LogP contribution in [-0.2, 0) is 6.54 Å². The maximum atomic E-state index is 12.7. The van der Waals surface area contributed by atoms with Crippen molar-refractivity contribution in [3.05, 3.63) is 58.7 Å². The van der Waals surface area contributed by atoms with Gasteiger partial charge in [0.25, 0.3) is 5.91 Å². The molecular formula is C19H17ClF2N2O3. The molecule has 0 aliphatic heterocycles. The predicted molar refractivity (Wildman–Crippen MR) is 98.7 cm³/mol. The van der Waals surface area contributed by atoms with Crippen LogP contribution in [-0.4, -0.2) is 36.6 Å². The zero-order chi connectivity index (χ0) is 19.6. The molecule has 0 bridgehead atoms. The van der Waals surface area contributed by atoms with Gasteiger partial charge in [-0.05, 0) is 42.0 Å². The number of nitrogens with one attached hydrogen (secondary N) is 1. The summed E-state index contributed by atoms with van der Waals surface area (Å²) in [7, 11) is 2.99. The highest BCUT2D eigenvalue weighted by Gasteiger charge is 2.17. The summed E-state index contributed by atoms with van der Waals surface area (Å²) in [6.07, 6.45) is 0. The Hall–Kier alpha value is -2.80. The monoisotopic (exact) mass is 394 g/mol. The molecule has 0 aliphatic carbocycles. The second-order valence-electron chi connectivity index (χ2n) is 5.94. The second-order valence-corrected chi connectivity index (χ2v) is 6.38. The van der Waals surface area contributed by atoms with Gasteiger partial charge in [0.2, 0.25) is 0 Å². The molecule has 0 fully saturated rings. The molecule has 0 unspecified atom stereocenters. The third-order valence-corrected chi connectivity index (χ3v) is 4.26. The first-order chi connectivity index (χ1) is 12.9. The first-order valence-corrected chi connectivity index (χ1v) is 8.40. The van der Waals surface area contributed by atoms with Crippen molar-refractivity contribution in [1.29, 1.82) is 0 Å². The molecule has 0 spiro atoms. The van der Waals surface area contributed by atoms with Gasteiger partial charge < -0.3 is 19.4 Å². The zero-order valence-corrected chi connectivity index (χ0v) is 15.4. The fourth-order valence-corrected chi connectivity index (χ4v) is 2.96. The summed E-state index contributed by atoms with van der Waals surface area (Å²) >= 11 is 5.97. The average Bonchev–Trinajstić information content (AvgIpc) is 3.03. The number of rotatable bonds is 6. The number of H-pyrrole nitrogens is 1. The highest BCUT2D eigenvalue weighted by molar-refractivity contribution is 6.31. The number of benzene rings is 2. The summed E-state index contributed by atoms with van der Waals surface area (Å²) in [5.74, 6) is -0.124. The number of aromatic amines is 1. The van der Waals surface area contributed by atoms with Gasteiger partial charge in [-0.1, -0.05) is 17.7 Å². The van der Waals surface area contributed by atoms with Gasteiger partial charge in [0.15, 0.2) is 11.5 Å². The Kier molecular flexibility index (Phi) is 5.51. The molecule has 3 aromatic rings. The molecule has 1 amide bonds. The lowest BCUT2D eigenvalue weighted by molar-refractivity contribution is -0.0512. The van der Waals surface area contributed by atoms with E-state index in [1.165, 1.54) is 24.1 Å². The van der Waals surface area contributed by atoms with E-state index in [0.717, 1.165) is 10.9 Å². The van der Waals surface area contributed by atoms with Crippen LogP contribution in [0.15, 0.2) is 42.5 Å². The van der Waals surface area contributed by atoms with E-state index < -0.39 is 6.61 Å². The Balaban J connectivity index is 1.79. The number of hydrogen-bond acceptors (Lipinski definition) is 3. The first-order valence-electron chi connectivity index (χ1n) is 8.03. The molecule has 1 heterocycles. The molecule has 8 heteroatoms. The molecule has 27 heavy (non-hydrogen) atoms. The molecule has 0 radical (unpaired) electrons. The normalized spacial score (nSPS) is 11.0. The van der Waals surface area contributed by atoms with Crippen LogP contribution in [0.4, 0.5) is 8.78 Å². The number of fused-ring (bicyclic) bond motifs is 1. The predicted octanol–water partition coefficient (Wildman–Crippen LogP) is 4.70. The van der Waals surface area contributed by atoms with E-state index in [9.17, 15) is 13.6 Å². The summed E-state index contributed by atoms with van der Waals surface area (Å²) in [5.41, 5.74) is 1.84. The zero-order valence-electron chi connectivity index (χ0n) is 14.6. The summed E-state index contributed by atoms with van der Waals surface area (Å²) in [6, 6.07) is 11.7. The molecule has 3 rings (SSSR count). The SMILES string of the molecule is COc1ccc(CN(C)C(=O)c2cc3cc(Cl)ccc3[nH]2)cc1OC(F)F. The van der Waals surface area contributed by atoms with E-state index in [0.29, 0.717) is 16.3 Å². The topological polar surface area (TPSA) is 54.6 Å². The van der Waals surface area contributed by atoms with Crippen LogP contribution >= 0.6 is 11.6 Å². The largest absolute Gasteiger partial charge is 0.493 e. The number of carbonyl (C=O) groups excluding carboxylic acids is 1. The summed E-state index contributed by atoms with van der Waals surface area (Å²) < 4.78 is 34.6. The van der Waals surface area contributed by atoms with Crippen LogP contribution in [0.5, 0.6) is 11.5 Å². The van der Waals surface area contributed by atoms with Crippen molar-refractivity contribution in [3.8, 4) is 11.5 Å². The first kappa shape index (κ1) is 19.0. The van der Waals surface area contributed by atoms with Gasteiger partial charge in [0.05, 0.1) is 7.11 Å². The van der Waals surface area contributed by atoms with Gasteiger partial charge in [0.1, 0.15) is 5.69 Å². The van der Waals surface area contributed by atoms with Crippen molar-refractivity contribution < 1.29 is 23.0 Å². The molecular weight excluding hydrogens is 378 g/mol. The van der Waals surface area contributed by atoms with Crippen molar-refractivity contribution in [2.45, 2.75) is 13.2 Å². The number of amides is 1. The van der Waals surface area contributed by atoms with Crippen LogP contribution in [0.25, 0.3) is 10.9 Å². The van der Waals surface area contributed by atoms with E-state index >= 15 is 0 Å². The number of aromatic nitrogens is 1. The molecule has 0 atom stereocenters. The van der Waals surface area contributed by atoms with Gasteiger partial charge in [-0.15, -0.1) is 0 Å². The highest BCUT2D eigenvalue weighted by Crippen LogP contribution is 2.30. The molecule has 1 aromatic heterocycles. The minimum Gasteiger partial charge on any atom is -0.493 e. The van der Waals surface area contributed by atoms with Crippen LogP contribution in [0.1, 0.15) is 16.1 Å². The molecule has 2 aromatic carbocycles. The maximum Gasteiger partial charge on any atom is 0.387 e. The number of nitrogens with zero attached hydrogens (tertiary/aromatic N) is 1. The highest BCUT2D eigenvalue weighted by atomic mass is 35.5. The van der Waals surface area contributed by atoms with Crippen LogP contribution in [0, 0.1) is 0 Å². The fourth-order valence-electron chi connectivity index (χ4n) is 2.78. The van der Waals surface area contributed by atoms with Crippen LogP contribution < -0.4 is 9.47 Å². The number of carbonyl (C=O) groups is 1. The van der Waals surface area contributed by atoms with Crippen molar-refractivity contribution in [2.24, 2.45) is 0 Å². The molecule has 0 saturated heterocycles. The summed E-state index contributed by atoms with van der Waals surface area (Å²) in [6.45, 7) is -2.76. The Bertz CT molecular complexity index is 975. The van der Waals surface area contributed by atoms with E-state index in [1.54, 1.807) is 37.4 Å². The van der Waals surface area contributed by atoms with Gasteiger partial charge in [-0.25, -0.2) is 0 Å². The van der Waals surface area contributed by atoms with E-state index in [1.807, 2.05) is 0 Å². The molecule has 0 aliphatic rings. The summed E-state index contributed by atoms with van der Waals surface area (Å²) in [5, 5.41) is 1.41. The lowest BCUT2D eigenvalue weighted by Gasteiger charge is -2.18. The number of halogens is 3. The lowest BCUT2D eigenvalue weighted by Crippen LogP contribution is -2.26. The number of methoxy groups -OCH3 is 1. The maximum absolute atomic E-state index is 12.7. The Morgan fingerprint density at radius 1 is 1.19 bits per heavy atom. The minimum absolute atomic E-state index is 0.0777. The summed E-state index contributed by atoms with van der Waals surface area (Å²) in [4.78, 5) is 17.2. The standard InChI is InChI=1S/C19H17ClF2N2O3/c1-24(10-11-3-6-16(26-2)17(7-11)27-19(21)22)18(25)15-9-12-8-13(20)4-5-14(12)23-15/h3-9,19,23H,10H2,1-2H3. The van der Waals surface area contributed by atoms with E-state index in [-0.39, 0.29) is 24.0 Å². The second kappa shape index (κ2) is 7.84. The number of hydrogen-bond donors (Lipinski definition) is 1. The molecule has 0 saturated carbocycles. The van der Waals surface area contributed by atoms with Crippen molar-refractivity contribution in [3.63, 3.8) is 0 Å². The number of ether oxygens (including phenoxy) is 2. The van der Waals surface area contributed by atoms with E-state index in [4.69, 9.17) is 16.3 Å². The third kappa shape index (κ3) is 4.31. The van der Waals surface area contributed by atoms with Crippen molar-refractivity contribution >= 4 is 28.4 Å². The Morgan fingerprint density at radius 3 is 2.67 bits per heavy atom. The molecule has 5 nitrogen and oxygen atoms in total. The number of alkyl halides is 2. The smallest absolute Gasteiger partial charge is 0.387 e. The minimum atomic E-state index is -2.97. The van der Waals surface area contributed by atoms with E-state index in [2.05, 4.69) is 9.72 Å². The average molecular weight is 395 g/mol. The molecule has 142 valence electrons.